The van der Waals surface area contributed by atoms with Gasteiger partial charge in [-0.1, -0.05) is 19.1 Å². The molecule has 0 aliphatic heterocycles. The minimum atomic E-state index is -4.27. The molecular weight excluding hydrogens is 239 g/mol. The predicted molar refractivity (Wildman–Crippen MR) is 67.4 cm³/mol. The third-order valence-electron chi connectivity index (χ3n) is 2.66. The summed E-state index contributed by atoms with van der Waals surface area (Å²) < 4.78 is 37.4. The average molecular weight is 259 g/mol. The number of hydrogen-bond acceptors (Lipinski definition) is 1. The van der Waals surface area contributed by atoms with E-state index in [9.17, 15) is 13.2 Å². The smallest absolute Gasteiger partial charge is 0.305 e. The van der Waals surface area contributed by atoms with Gasteiger partial charge in [0.05, 0.1) is 5.56 Å². The summed E-state index contributed by atoms with van der Waals surface area (Å²) in [5.41, 5.74) is 0.223. The highest BCUT2D eigenvalue weighted by Crippen LogP contribution is 2.30. The molecule has 0 saturated carbocycles. The maximum atomic E-state index is 12.5. The first-order valence-corrected chi connectivity index (χ1v) is 6.08. The van der Waals surface area contributed by atoms with E-state index in [1.165, 1.54) is 0 Å². The third-order valence-corrected chi connectivity index (χ3v) is 2.66. The minimum Gasteiger partial charge on any atom is -0.305 e. The standard InChI is InChI=1S/C14H20F3N/c1-5-12(18-13(2,3)4)10-6-8-11(9-7-10)14(15,16)17/h6-9,12,18H,5H2,1-4H3. The molecule has 1 aromatic rings. The normalized spacial score (nSPS) is 14.6. The first-order chi connectivity index (χ1) is 8.13. The fraction of sp³-hybridized carbons (Fsp3) is 0.571. The summed E-state index contributed by atoms with van der Waals surface area (Å²) in [6.45, 7) is 8.14. The van der Waals surface area contributed by atoms with Crippen LogP contribution < -0.4 is 5.32 Å². The second kappa shape index (κ2) is 5.31. The van der Waals surface area contributed by atoms with Gasteiger partial charge in [0.2, 0.25) is 0 Å². The van der Waals surface area contributed by atoms with E-state index >= 15 is 0 Å². The molecule has 1 unspecified atom stereocenters. The fourth-order valence-electron chi connectivity index (χ4n) is 1.85. The maximum Gasteiger partial charge on any atom is 0.416 e. The van der Waals surface area contributed by atoms with Crippen LogP contribution in [0.5, 0.6) is 0 Å². The summed E-state index contributed by atoms with van der Waals surface area (Å²) in [4.78, 5) is 0. The van der Waals surface area contributed by atoms with Crippen LogP contribution in [0.15, 0.2) is 24.3 Å². The summed E-state index contributed by atoms with van der Waals surface area (Å²) in [5.74, 6) is 0. The van der Waals surface area contributed by atoms with E-state index in [0.717, 1.165) is 24.1 Å². The SMILES string of the molecule is CCC(NC(C)(C)C)c1ccc(C(F)(F)F)cc1. The largest absolute Gasteiger partial charge is 0.416 e. The summed E-state index contributed by atoms with van der Waals surface area (Å²) in [6, 6.07) is 5.46. The van der Waals surface area contributed by atoms with Crippen molar-refractivity contribution in [1.82, 2.24) is 5.32 Å². The zero-order valence-corrected chi connectivity index (χ0v) is 11.2. The first kappa shape index (κ1) is 15.0. The quantitative estimate of drug-likeness (QED) is 0.840. The Kier molecular flexibility index (Phi) is 4.43. The van der Waals surface area contributed by atoms with E-state index in [-0.39, 0.29) is 11.6 Å². The Morgan fingerprint density at radius 3 is 1.89 bits per heavy atom. The molecule has 0 saturated heterocycles. The Hall–Kier alpha value is -1.03. The van der Waals surface area contributed by atoms with Crippen LogP contribution in [-0.4, -0.2) is 5.54 Å². The molecule has 1 atom stereocenters. The van der Waals surface area contributed by atoms with Crippen LogP contribution in [-0.2, 0) is 6.18 Å². The van der Waals surface area contributed by atoms with Crippen LogP contribution in [0.3, 0.4) is 0 Å². The molecule has 0 amide bonds. The molecule has 0 aromatic heterocycles. The fourth-order valence-corrected chi connectivity index (χ4v) is 1.85. The van der Waals surface area contributed by atoms with Gasteiger partial charge in [-0.05, 0) is 44.9 Å². The van der Waals surface area contributed by atoms with Crippen molar-refractivity contribution in [2.24, 2.45) is 0 Å². The lowest BCUT2D eigenvalue weighted by atomic mass is 9.99. The highest BCUT2D eigenvalue weighted by Gasteiger charge is 2.30. The lowest BCUT2D eigenvalue weighted by Crippen LogP contribution is -2.38. The molecule has 0 spiro atoms. The van der Waals surface area contributed by atoms with Gasteiger partial charge in [-0.2, -0.15) is 13.2 Å². The van der Waals surface area contributed by atoms with Gasteiger partial charge in [0.25, 0.3) is 0 Å². The molecule has 18 heavy (non-hydrogen) atoms. The van der Waals surface area contributed by atoms with Gasteiger partial charge in [0.1, 0.15) is 0 Å². The van der Waals surface area contributed by atoms with E-state index < -0.39 is 11.7 Å². The van der Waals surface area contributed by atoms with E-state index in [1.807, 2.05) is 27.7 Å². The Bertz CT molecular complexity index is 374. The topological polar surface area (TPSA) is 12.0 Å². The first-order valence-electron chi connectivity index (χ1n) is 6.08. The lowest BCUT2D eigenvalue weighted by molar-refractivity contribution is -0.137. The number of alkyl halides is 3. The van der Waals surface area contributed by atoms with E-state index in [0.29, 0.717) is 0 Å². The highest BCUT2D eigenvalue weighted by molar-refractivity contribution is 5.27. The number of nitrogens with one attached hydrogen (secondary N) is 1. The van der Waals surface area contributed by atoms with E-state index in [1.54, 1.807) is 12.1 Å². The molecule has 102 valence electrons. The number of rotatable bonds is 3. The molecule has 0 heterocycles. The van der Waals surface area contributed by atoms with Gasteiger partial charge in [-0.3, -0.25) is 0 Å². The van der Waals surface area contributed by atoms with Crippen molar-refractivity contribution in [2.45, 2.75) is 51.9 Å². The monoisotopic (exact) mass is 259 g/mol. The molecule has 1 N–H and O–H groups in total. The van der Waals surface area contributed by atoms with Crippen LogP contribution in [0, 0.1) is 0 Å². The summed E-state index contributed by atoms with van der Waals surface area (Å²) >= 11 is 0. The molecule has 0 bridgehead atoms. The van der Waals surface area contributed by atoms with Crippen molar-refractivity contribution in [3.63, 3.8) is 0 Å². The van der Waals surface area contributed by atoms with Crippen LogP contribution in [0.2, 0.25) is 0 Å². The third kappa shape index (κ3) is 4.33. The molecule has 1 nitrogen and oxygen atoms in total. The Labute approximate surface area is 106 Å². The van der Waals surface area contributed by atoms with Crippen molar-refractivity contribution in [2.75, 3.05) is 0 Å². The van der Waals surface area contributed by atoms with Crippen LogP contribution in [0.4, 0.5) is 13.2 Å². The lowest BCUT2D eigenvalue weighted by Gasteiger charge is -2.28. The Balaban J connectivity index is 2.89. The minimum absolute atomic E-state index is 0.0661. The highest BCUT2D eigenvalue weighted by atomic mass is 19.4. The summed E-state index contributed by atoms with van der Waals surface area (Å²) in [7, 11) is 0. The number of hydrogen-bond donors (Lipinski definition) is 1. The van der Waals surface area contributed by atoms with E-state index in [2.05, 4.69) is 5.32 Å². The van der Waals surface area contributed by atoms with Crippen molar-refractivity contribution in [3.05, 3.63) is 35.4 Å². The molecule has 0 aliphatic rings. The van der Waals surface area contributed by atoms with Gasteiger partial charge in [0.15, 0.2) is 0 Å². The summed E-state index contributed by atoms with van der Waals surface area (Å²) in [5, 5.41) is 3.40. The van der Waals surface area contributed by atoms with Crippen molar-refractivity contribution >= 4 is 0 Å². The Morgan fingerprint density at radius 1 is 1.06 bits per heavy atom. The Morgan fingerprint density at radius 2 is 1.56 bits per heavy atom. The predicted octanol–water partition coefficient (Wildman–Crippen LogP) is 4.54. The second-order valence-electron chi connectivity index (χ2n) is 5.47. The van der Waals surface area contributed by atoms with Crippen molar-refractivity contribution in [3.8, 4) is 0 Å². The number of halogens is 3. The summed E-state index contributed by atoms with van der Waals surface area (Å²) in [6.07, 6.45) is -3.43. The van der Waals surface area contributed by atoms with Crippen LogP contribution in [0.1, 0.15) is 51.3 Å². The molecule has 0 radical (unpaired) electrons. The van der Waals surface area contributed by atoms with Gasteiger partial charge < -0.3 is 5.32 Å². The molecule has 0 fully saturated rings. The molecular formula is C14H20F3N. The van der Waals surface area contributed by atoms with Crippen LogP contribution >= 0.6 is 0 Å². The number of benzene rings is 1. The van der Waals surface area contributed by atoms with Gasteiger partial charge >= 0.3 is 6.18 Å². The zero-order chi connectivity index (χ0) is 14.0. The second-order valence-corrected chi connectivity index (χ2v) is 5.47. The van der Waals surface area contributed by atoms with Crippen molar-refractivity contribution < 1.29 is 13.2 Å². The average Bonchev–Trinajstić information content (AvgIpc) is 2.24. The van der Waals surface area contributed by atoms with E-state index in [4.69, 9.17) is 0 Å². The molecule has 1 aromatic carbocycles. The van der Waals surface area contributed by atoms with Crippen LogP contribution in [0.25, 0.3) is 0 Å². The van der Waals surface area contributed by atoms with Gasteiger partial charge in [-0.25, -0.2) is 0 Å². The zero-order valence-electron chi connectivity index (χ0n) is 11.2. The van der Waals surface area contributed by atoms with Gasteiger partial charge in [-0.15, -0.1) is 0 Å². The molecule has 0 aliphatic carbocycles. The maximum absolute atomic E-state index is 12.5. The van der Waals surface area contributed by atoms with Crippen molar-refractivity contribution in [1.29, 1.82) is 0 Å². The molecule has 1 rings (SSSR count). The molecule has 4 heteroatoms. The van der Waals surface area contributed by atoms with Gasteiger partial charge in [0, 0.05) is 11.6 Å².